The van der Waals surface area contributed by atoms with Crippen LogP contribution in [0.1, 0.15) is 20.8 Å². The molecular weight excluding hydrogens is 398 g/mol. The lowest BCUT2D eigenvalue weighted by molar-refractivity contribution is 0.0361. The summed E-state index contributed by atoms with van der Waals surface area (Å²) in [5.74, 6) is 0. The highest BCUT2D eigenvalue weighted by Gasteiger charge is 2.20. The van der Waals surface area contributed by atoms with E-state index in [2.05, 4.69) is 16.0 Å². The maximum Gasteiger partial charge on any atom is 0.407 e. The van der Waals surface area contributed by atoms with Crippen molar-refractivity contribution < 1.29 is 28.8 Å². The van der Waals surface area contributed by atoms with Gasteiger partial charge in [-0.25, -0.2) is 4.79 Å². The van der Waals surface area contributed by atoms with Gasteiger partial charge in [-0.2, -0.15) is 0 Å². The fraction of sp³-hybridized carbons (Fsp3) is 0.737. The Labute approximate surface area is 175 Å². The third-order valence-electron chi connectivity index (χ3n) is 3.53. The van der Waals surface area contributed by atoms with E-state index in [9.17, 15) is 14.4 Å². The minimum absolute atomic E-state index is 0.0321. The molecule has 0 atom stereocenters. The molecule has 0 aliphatic heterocycles. The molecule has 1 rings (SSSR count). The van der Waals surface area contributed by atoms with E-state index in [1.165, 1.54) is 0 Å². The predicted molar refractivity (Wildman–Crippen MR) is 112 cm³/mol. The van der Waals surface area contributed by atoms with Crippen molar-refractivity contribution in [2.75, 3.05) is 76.5 Å². The van der Waals surface area contributed by atoms with Gasteiger partial charge < -0.3 is 40.0 Å². The summed E-state index contributed by atoms with van der Waals surface area (Å²) in [5, 5.41) is 16.9. The van der Waals surface area contributed by atoms with Crippen LogP contribution in [0.25, 0.3) is 0 Å². The molecule has 0 bridgehead atoms. The van der Waals surface area contributed by atoms with E-state index in [4.69, 9.17) is 24.1 Å². The van der Waals surface area contributed by atoms with Crippen LogP contribution in [0.3, 0.4) is 0 Å². The Balaban J connectivity index is 2.13. The average molecular weight is 431 g/mol. The summed E-state index contributed by atoms with van der Waals surface area (Å²) in [6.45, 7) is 8.26. The van der Waals surface area contributed by atoms with Gasteiger partial charge in [0, 0.05) is 19.6 Å². The van der Waals surface area contributed by atoms with Gasteiger partial charge >= 0.3 is 6.09 Å². The number of aliphatic hydroxyl groups excluding tert-OH is 1. The molecule has 0 aliphatic carbocycles. The Bertz CT molecular complexity index is 695. The van der Waals surface area contributed by atoms with Crippen molar-refractivity contribution in [1.82, 2.24) is 5.32 Å². The van der Waals surface area contributed by atoms with Gasteiger partial charge in [0.15, 0.2) is 0 Å². The largest absolute Gasteiger partial charge is 0.444 e. The molecule has 172 valence electrons. The van der Waals surface area contributed by atoms with E-state index in [1.54, 1.807) is 20.8 Å². The van der Waals surface area contributed by atoms with Crippen molar-refractivity contribution in [2.24, 2.45) is 0 Å². The zero-order valence-corrected chi connectivity index (χ0v) is 17.9. The number of amides is 1. The Hall–Kier alpha value is -2.21. The lowest BCUT2D eigenvalue weighted by Gasteiger charge is -2.19. The molecule has 0 spiro atoms. The van der Waals surface area contributed by atoms with Crippen LogP contribution in [-0.2, 0) is 18.9 Å². The van der Waals surface area contributed by atoms with Crippen LogP contribution < -0.4 is 26.8 Å². The third-order valence-corrected chi connectivity index (χ3v) is 3.53. The van der Waals surface area contributed by atoms with Gasteiger partial charge in [-0.05, 0) is 20.8 Å². The summed E-state index contributed by atoms with van der Waals surface area (Å²) >= 11 is 0. The van der Waals surface area contributed by atoms with E-state index in [1.807, 2.05) is 0 Å². The molecule has 0 aliphatic rings. The zero-order valence-electron chi connectivity index (χ0n) is 17.9. The molecule has 1 aromatic carbocycles. The normalized spacial score (nSPS) is 11.5. The Morgan fingerprint density at radius 3 is 1.77 bits per heavy atom. The summed E-state index contributed by atoms with van der Waals surface area (Å²) < 4.78 is 20.8. The molecule has 0 heterocycles. The number of carbonyl (C=O) groups is 1. The summed E-state index contributed by atoms with van der Waals surface area (Å²) in [6, 6.07) is 0. The first-order valence-electron chi connectivity index (χ1n) is 9.88. The van der Waals surface area contributed by atoms with Crippen LogP contribution >= 0.6 is 0 Å². The molecule has 0 aromatic heterocycles. The van der Waals surface area contributed by atoms with Crippen LogP contribution in [0, 0.1) is 0 Å². The van der Waals surface area contributed by atoms with Crippen LogP contribution in [0.15, 0.2) is 9.59 Å². The second-order valence-electron chi connectivity index (χ2n) is 7.25. The van der Waals surface area contributed by atoms with Gasteiger partial charge in [-0.15, -0.1) is 0 Å². The minimum Gasteiger partial charge on any atom is -0.444 e. The molecule has 1 aromatic rings. The highest BCUT2D eigenvalue weighted by Crippen LogP contribution is 2.13. The van der Waals surface area contributed by atoms with E-state index >= 15 is 0 Å². The number of nitrogens with one attached hydrogen (secondary N) is 3. The van der Waals surface area contributed by atoms with Gasteiger partial charge in [0.2, 0.25) is 0 Å². The molecule has 0 unspecified atom stereocenters. The zero-order chi connectivity index (χ0) is 22.4. The topological polar surface area (TPSA) is 144 Å². The summed E-state index contributed by atoms with van der Waals surface area (Å²) in [7, 11) is 0. The van der Waals surface area contributed by atoms with Crippen molar-refractivity contribution in [3.8, 4) is 0 Å². The van der Waals surface area contributed by atoms with Gasteiger partial charge in [0.05, 0.1) is 46.2 Å². The van der Waals surface area contributed by atoms with Crippen LogP contribution in [0.4, 0.5) is 16.2 Å². The first-order valence-corrected chi connectivity index (χ1v) is 9.88. The molecule has 11 heteroatoms. The summed E-state index contributed by atoms with van der Waals surface area (Å²) in [4.78, 5) is 34.8. The Morgan fingerprint density at radius 1 is 0.800 bits per heavy atom. The highest BCUT2D eigenvalue weighted by atomic mass is 16.6. The number of aliphatic hydroxyl groups is 1. The maximum atomic E-state index is 11.7. The van der Waals surface area contributed by atoms with E-state index in [-0.39, 0.29) is 31.2 Å². The summed E-state index contributed by atoms with van der Waals surface area (Å²) in [5.41, 5.74) is -1.20. The molecule has 0 fully saturated rings. The fourth-order valence-electron chi connectivity index (χ4n) is 2.25. The lowest BCUT2D eigenvalue weighted by Crippen LogP contribution is -2.38. The van der Waals surface area contributed by atoms with Crippen molar-refractivity contribution in [1.29, 1.82) is 0 Å². The molecule has 0 saturated heterocycles. The molecule has 0 saturated carbocycles. The quantitative estimate of drug-likeness (QED) is 0.203. The molecular formula is C19H33N3O8. The molecule has 30 heavy (non-hydrogen) atoms. The third kappa shape index (κ3) is 10.5. The van der Waals surface area contributed by atoms with Gasteiger partial charge in [0.1, 0.15) is 17.0 Å². The van der Waals surface area contributed by atoms with Gasteiger partial charge in [0.25, 0.3) is 10.9 Å². The second kappa shape index (κ2) is 13.9. The number of hydrogen-bond donors (Lipinski definition) is 4. The van der Waals surface area contributed by atoms with Crippen LogP contribution in [-0.4, -0.2) is 82.7 Å². The highest BCUT2D eigenvalue weighted by molar-refractivity contribution is 5.73. The van der Waals surface area contributed by atoms with Crippen molar-refractivity contribution in [3.05, 3.63) is 20.4 Å². The molecule has 11 nitrogen and oxygen atoms in total. The molecule has 4 N–H and O–H groups in total. The number of hydrogen-bond acceptors (Lipinski definition) is 10. The smallest absolute Gasteiger partial charge is 0.407 e. The Morgan fingerprint density at radius 2 is 1.27 bits per heavy atom. The van der Waals surface area contributed by atoms with Crippen molar-refractivity contribution in [2.45, 2.75) is 26.4 Å². The second-order valence-corrected chi connectivity index (χ2v) is 7.25. The average Bonchev–Trinajstić information content (AvgIpc) is 2.68. The van der Waals surface area contributed by atoms with Crippen LogP contribution in [0.2, 0.25) is 0 Å². The SMILES string of the molecule is CC(C)(C)OC(=O)NCCOCCNc1c(NCCOCCOCCO)c(=O)c1=O. The molecule has 0 radical (unpaired) electrons. The molecule has 1 amide bonds. The van der Waals surface area contributed by atoms with Gasteiger partial charge in [-0.3, -0.25) is 9.59 Å². The number of rotatable bonds is 16. The number of ether oxygens (including phenoxy) is 4. The first kappa shape index (κ1) is 25.8. The minimum atomic E-state index is -0.567. The van der Waals surface area contributed by atoms with Gasteiger partial charge in [-0.1, -0.05) is 0 Å². The standard InChI is InChI=1S/C19H33N3O8/c1-19(2,3)30-18(26)22-6-10-27-8-4-20-14-15(17(25)16(14)24)21-5-9-28-12-13-29-11-7-23/h20-21,23H,4-13H2,1-3H3,(H,22,26). The maximum absolute atomic E-state index is 11.7. The lowest BCUT2D eigenvalue weighted by atomic mass is 10.2. The first-order chi connectivity index (χ1) is 14.3. The Kier molecular flexibility index (Phi) is 12.0. The fourth-order valence-corrected chi connectivity index (χ4v) is 2.25. The van der Waals surface area contributed by atoms with E-state index < -0.39 is 22.6 Å². The van der Waals surface area contributed by atoms with Crippen LogP contribution in [0.5, 0.6) is 0 Å². The summed E-state index contributed by atoms with van der Waals surface area (Å²) in [6.07, 6.45) is -0.509. The number of anilines is 2. The van der Waals surface area contributed by atoms with E-state index in [0.717, 1.165) is 0 Å². The predicted octanol–water partition coefficient (Wildman–Crippen LogP) is -0.327. The number of carbonyl (C=O) groups excluding carboxylic acids is 1. The van der Waals surface area contributed by atoms with Crippen molar-refractivity contribution >= 4 is 17.5 Å². The van der Waals surface area contributed by atoms with E-state index in [0.29, 0.717) is 46.1 Å². The van der Waals surface area contributed by atoms with Crippen molar-refractivity contribution in [3.63, 3.8) is 0 Å². The monoisotopic (exact) mass is 431 g/mol. The number of alkyl carbamates (subject to hydrolysis) is 1.